The summed E-state index contributed by atoms with van der Waals surface area (Å²) >= 11 is 0. The van der Waals surface area contributed by atoms with Crippen LogP contribution in [0.15, 0.2) is 6.07 Å². The third kappa shape index (κ3) is 2.59. The standard InChI is InChI=1S/C15H23N3O2/c1-3-4-9(2)12-8-14(18-17-12)16-15(19)11-7-10-5-6-13(11)20-10/h8-11,13H,3-7H2,1-2H3,(H2,16,17,18,19)/t9-,10-,11+,13-/m1/s1. The van der Waals surface area contributed by atoms with E-state index in [0.717, 1.165) is 37.8 Å². The molecule has 1 aromatic heterocycles. The molecule has 0 saturated carbocycles. The summed E-state index contributed by atoms with van der Waals surface area (Å²) in [4.78, 5) is 12.3. The zero-order valence-corrected chi connectivity index (χ0v) is 12.2. The minimum atomic E-state index is 0.00182. The molecule has 1 amide bonds. The van der Waals surface area contributed by atoms with Crippen LogP contribution in [0.2, 0.25) is 0 Å². The summed E-state index contributed by atoms with van der Waals surface area (Å²) in [5.74, 6) is 1.14. The van der Waals surface area contributed by atoms with E-state index in [0.29, 0.717) is 17.8 Å². The Labute approximate surface area is 119 Å². The zero-order valence-electron chi connectivity index (χ0n) is 12.2. The van der Waals surface area contributed by atoms with Crippen LogP contribution in [-0.2, 0) is 9.53 Å². The summed E-state index contributed by atoms with van der Waals surface area (Å²) in [6, 6.07) is 1.95. The molecule has 0 spiro atoms. The number of aromatic amines is 1. The van der Waals surface area contributed by atoms with Crippen molar-refractivity contribution < 1.29 is 9.53 Å². The van der Waals surface area contributed by atoms with Gasteiger partial charge in [-0.25, -0.2) is 0 Å². The predicted molar refractivity (Wildman–Crippen MR) is 76.5 cm³/mol. The molecule has 0 aromatic carbocycles. The van der Waals surface area contributed by atoms with Crippen molar-refractivity contribution in [3.05, 3.63) is 11.8 Å². The SMILES string of the molecule is CCC[C@@H](C)c1cc(NC(=O)[C@H]2C[C@H]3CC[C@H]2O3)n[nH]1. The highest BCUT2D eigenvalue weighted by Gasteiger charge is 2.44. The highest BCUT2D eigenvalue weighted by molar-refractivity contribution is 5.92. The second-order valence-corrected chi connectivity index (χ2v) is 6.10. The monoisotopic (exact) mass is 277 g/mol. The summed E-state index contributed by atoms with van der Waals surface area (Å²) < 4.78 is 5.73. The first-order valence-electron chi connectivity index (χ1n) is 7.69. The molecule has 4 atom stereocenters. The maximum absolute atomic E-state index is 12.3. The predicted octanol–water partition coefficient (Wildman–Crippen LogP) is 2.82. The van der Waals surface area contributed by atoms with Crippen LogP contribution in [0.25, 0.3) is 0 Å². The summed E-state index contributed by atoms with van der Waals surface area (Å²) in [5.41, 5.74) is 1.09. The Kier molecular flexibility index (Phi) is 3.78. The van der Waals surface area contributed by atoms with Gasteiger partial charge in [-0.15, -0.1) is 0 Å². The van der Waals surface area contributed by atoms with Gasteiger partial charge in [0.25, 0.3) is 0 Å². The summed E-state index contributed by atoms with van der Waals surface area (Å²) in [6.07, 6.45) is 5.67. The quantitative estimate of drug-likeness (QED) is 0.869. The van der Waals surface area contributed by atoms with E-state index in [9.17, 15) is 4.79 Å². The Balaban J connectivity index is 1.59. The van der Waals surface area contributed by atoms with Crippen molar-refractivity contribution in [2.45, 2.75) is 64.1 Å². The number of amides is 1. The number of aromatic nitrogens is 2. The van der Waals surface area contributed by atoms with Crippen molar-refractivity contribution in [3.8, 4) is 0 Å². The molecule has 20 heavy (non-hydrogen) atoms. The third-order valence-corrected chi connectivity index (χ3v) is 4.54. The van der Waals surface area contributed by atoms with Crippen molar-refractivity contribution in [1.82, 2.24) is 10.2 Å². The van der Waals surface area contributed by atoms with Crippen LogP contribution in [0, 0.1) is 5.92 Å². The van der Waals surface area contributed by atoms with Gasteiger partial charge in [-0.1, -0.05) is 20.3 Å². The van der Waals surface area contributed by atoms with Crippen LogP contribution >= 0.6 is 0 Å². The molecule has 2 fully saturated rings. The van der Waals surface area contributed by atoms with Gasteiger partial charge < -0.3 is 10.1 Å². The molecule has 2 aliphatic heterocycles. The first-order valence-corrected chi connectivity index (χ1v) is 7.69. The molecule has 5 heteroatoms. The van der Waals surface area contributed by atoms with Crippen molar-refractivity contribution in [1.29, 1.82) is 0 Å². The number of fused-ring (bicyclic) bond motifs is 2. The molecular formula is C15H23N3O2. The molecule has 2 bridgehead atoms. The number of nitrogens with one attached hydrogen (secondary N) is 2. The fourth-order valence-electron chi connectivity index (χ4n) is 3.37. The first kappa shape index (κ1) is 13.6. The second-order valence-electron chi connectivity index (χ2n) is 6.10. The van der Waals surface area contributed by atoms with Gasteiger partial charge in [0.15, 0.2) is 5.82 Å². The molecule has 2 aliphatic rings. The number of anilines is 1. The Morgan fingerprint density at radius 3 is 3.10 bits per heavy atom. The molecule has 2 saturated heterocycles. The van der Waals surface area contributed by atoms with Crippen LogP contribution in [0.1, 0.15) is 57.6 Å². The van der Waals surface area contributed by atoms with Gasteiger partial charge in [0.2, 0.25) is 5.91 Å². The Morgan fingerprint density at radius 2 is 2.45 bits per heavy atom. The molecule has 5 nitrogen and oxygen atoms in total. The Hall–Kier alpha value is -1.36. The van der Waals surface area contributed by atoms with E-state index in [1.54, 1.807) is 0 Å². The van der Waals surface area contributed by atoms with Crippen LogP contribution in [0.3, 0.4) is 0 Å². The number of hydrogen-bond acceptors (Lipinski definition) is 3. The van der Waals surface area contributed by atoms with Crippen LogP contribution in [-0.4, -0.2) is 28.3 Å². The van der Waals surface area contributed by atoms with Gasteiger partial charge >= 0.3 is 0 Å². The maximum atomic E-state index is 12.3. The minimum absolute atomic E-state index is 0.00182. The Morgan fingerprint density at radius 1 is 1.60 bits per heavy atom. The second kappa shape index (κ2) is 5.56. The largest absolute Gasteiger partial charge is 0.374 e. The highest BCUT2D eigenvalue weighted by Crippen LogP contribution is 2.39. The summed E-state index contributed by atoms with van der Waals surface area (Å²) in [6.45, 7) is 4.34. The molecule has 0 unspecified atom stereocenters. The summed E-state index contributed by atoms with van der Waals surface area (Å²) in [5, 5.41) is 10.1. The van der Waals surface area contributed by atoms with Gasteiger partial charge in [-0.05, 0) is 31.6 Å². The smallest absolute Gasteiger partial charge is 0.231 e. The molecule has 3 rings (SSSR count). The first-order chi connectivity index (χ1) is 9.67. The lowest BCUT2D eigenvalue weighted by Crippen LogP contribution is -2.30. The number of ether oxygens (including phenoxy) is 1. The molecule has 0 radical (unpaired) electrons. The van der Waals surface area contributed by atoms with Crippen LogP contribution in [0.5, 0.6) is 0 Å². The van der Waals surface area contributed by atoms with Crippen molar-refractivity contribution in [2.24, 2.45) is 5.92 Å². The minimum Gasteiger partial charge on any atom is -0.374 e. The van der Waals surface area contributed by atoms with Gasteiger partial charge in [-0.3, -0.25) is 9.89 Å². The normalized spacial score (nSPS) is 29.6. The molecule has 1 aromatic rings. The van der Waals surface area contributed by atoms with Crippen LogP contribution < -0.4 is 5.32 Å². The zero-order chi connectivity index (χ0) is 14.1. The van der Waals surface area contributed by atoms with E-state index in [1.165, 1.54) is 0 Å². The fourth-order valence-corrected chi connectivity index (χ4v) is 3.37. The lowest BCUT2D eigenvalue weighted by Gasteiger charge is -2.16. The summed E-state index contributed by atoms with van der Waals surface area (Å²) in [7, 11) is 0. The topological polar surface area (TPSA) is 67.0 Å². The maximum Gasteiger partial charge on any atom is 0.231 e. The van der Waals surface area contributed by atoms with Gasteiger partial charge in [0.1, 0.15) is 0 Å². The average Bonchev–Trinajstić information content (AvgIpc) is 3.14. The highest BCUT2D eigenvalue weighted by atomic mass is 16.5. The lowest BCUT2D eigenvalue weighted by atomic mass is 9.88. The van der Waals surface area contributed by atoms with Gasteiger partial charge in [0, 0.05) is 11.8 Å². The van der Waals surface area contributed by atoms with Crippen molar-refractivity contribution >= 4 is 11.7 Å². The van der Waals surface area contributed by atoms with Gasteiger partial charge in [-0.2, -0.15) is 5.10 Å². The molecule has 2 N–H and O–H groups in total. The third-order valence-electron chi connectivity index (χ3n) is 4.54. The van der Waals surface area contributed by atoms with E-state index in [2.05, 4.69) is 29.4 Å². The van der Waals surface area contributed by atoms with Crippen molar-refractivity contribution in [3.63, 3.8) is 0 Å². The van der Waals surface area contributed by atoms with Gasteiger partial charge in [0.05, 0.1) is 18.1 Å². The lowest BCUT2D eigenvalue weighted by molar-refractivity contribution is -0.121. The van der Waals surface area contributed by atoms with Crippen LogP contribution in [0.4, 0.5) is 5.82 Å². The molecule has 3 heterocycles. The number of rotatable bonds is 5. The van der Waals surface area contributed by atoms with E-state index in [1.807, 2.05) is 6.07 Å². The number of carbonyl (C=O) groups is 1. The van der Waals surface area contributed by atoms with E-state index in [4.69, 9.17) is 4.74 Å². The van der Waals surface area contributed by atoms with E-state index in [-0.39, 0.29) is 17.9 Å². The number of carbonyl (C=O) groups excluding carboxylic acids is 1. The number of nitrogens with zero attached hydrogens (tertiary/aromatic N) is 1. The number of hydrogen-bond donors (Lipinski definition) is 2. The van der Waals surface area contributed by atoms with E-state index >= 15 is 0 Å². The molecule has 0 aliphatic carbocycles. The fraction of sp³-hybridized carbons (Fsp3) is 0.733. The average molecular weight is 277 g/mol. The number of H-pyrrole nitrogens is 1. The van der Waals surface area contributed by atoms with Crippen molar-refractivity contribution in [2.75, 3.05) is 5.32 Å². The van der Waals surface area contributed by atoms with E-state index < -0.39 is 0 Å². The molecular weight excluding hydrogens is 254 g/mol. The molecule has 110 valence electrons. The Bertz CT molecular complexity index is 485.